The van der Waals surface area contributed by atoms with Gasteiger partial charge in [0.25, 0.3) is 0 Å². The fraction of sp³-hybridized carbons (Fsp3) is 0.250. The van der Waals surface area contributed by atoms with Gasteiger partial charge in [-0.25, -0.2) is 9.89 Å². The van der Waals surface area contributed by atoms with Gasteiger partial charge in [-0.2, -0.15) is 0 Å². The summed E-state index contributed by atoms with van der Waals surface area (Å²) in [5.74, 6) is -0.0556. The summed E-state index contributed by atoms with van der Waals surface area (Å²) in [6, 6.07) is 5.01. The number of H-pyrrole nitrogens is 1. The lowest BCUT2D eigenvalue weighted by Crippen LogP contribution is -2.17. The number of amidine groups is 1. The highest BCUT2D eigenvalue weighted by Gasteiger charge is 2.14. The standard InChI is InChI=1S/C12H14ClN5O2S/c1-2-5-18-11(19)15-16-12(18)21-9-4-3-7(13)6-8(9)10(14)17-20/h3-4,6,20H,2,5H2,1H3,(H2,14,17)(H,15,19). The monoisotopic (exact) mass is 327 g/mol. The number of aromatic amines is 1. The Bertz CT molecular complexity index is 725. The minimum absolute atomic E-state index is 0.0556. The van der Waals surface area contributed by atoms with E-state index in [1.54, 1.807) is 18.2 Å². The fourth-order valence-electron chi connectivity index (χ4n) is 1.75. The lowest BCUT2D eigenvalue weighted by atomic mass is 10.2. The highest BCUT2D eigenvalue weighted by molar-refractivity contribution is 7.99. The van der Waals surface area contributed by atoms with E-state index in [4.69, 9.17) is 22.5 Å². The van der Waals surface area contributed by atoms with Gasteiger partial charge in [0.05, 0.1) is 0 Å². The molecule has 4 N–H and O–H groups in total. The average molecular weight is 328 g/mol. The van der Waals surface area contributed by atoms with Gasteiger partial charge in [0, 0.05) is 22.0 Å². The van der Waals surface area contributed by atoms with Crippen molar-refractivity contribution < 1.29 is 5.21 Å². The van der Waals surface area contributed by atoms with Crippen molar-refractivity contribution in [3.8, 4) is 0 Å². The Morgan fingerprint density at radius 1 is 1.62 bits per heavy atom. The first-order valence-corrected chi connectivity index (χ1v) is 7.36. The van der Waals surface area contributed by atoms with E-state index in [0.717, 1.165) is 6.42 Å². The molecule has 0 bridgehead atoms. The molecule has 2 aromatic rings. The topological polar surface area (TPSA) is 109 Å². The van der Waals surface area contributed by atoms with Crippen LogP contribution in [0, 0.1) is 0 Å². The molecular weight excluding hydrogens is 314 g/mol. The summed E-state index contributed by atoms with van der Waals surface area (Å²) in [6.07, 6.45) is 0.806. The van der Waals surface area contributed by atoms with Crippen LogP contribution in [0.4, 0.5) is 0 Å². The summed E-state index contributed by atoms with van der Waals surface area (Å²) in [6.45, 7) is 2.53. The second-order valence-corrected chi connectivity index (χ2v) is 5.64. The molecule has 0 spiro atoms. The number of nitrogens with zero attached hydrogens (tertiary/aromatic N) is 3. The van der Waals surface area contributed by atoms with Gasteiger partial charge in [-0.05, 0) is 36.4 Å². The zero-order valence-corrected chi connectivity index (χ0v) is 12.8. The van der Waals surface area contributed by atoms with E-state index in [-0.39, 0.29) is 11.5 Å². The van der Waals surface area contributed by atoms with Crippen LogP contribution < -0.4 is 11.4 Å². The minimum atomic E-state index is -0.265. The second-order valence-electron chi connectivity index (χ2n) is 4.19. The molecule has 0 saturated carbocycles. The van der Waals surface area contributed by atoms with Gasteiger partial charge in [0.2, 0.25) is 0 Å². The van der Waals surface area contributed by atoms with E-state index in [0.29, 0.717) is 27.2 Å². The average Bonchev–Trinajstić information content (AvgIpc) is 2.81. The van der Waals surface area contributed by atoms with Crippen molar-refractivity contribution in [2.75, 3.05) is 0 Å². The number of hydrogen-bond acceptors (Lipinski definition) is 5. The van der Waals surface area contributed by atoms with Gasteiger partial charge in [-0.3, -0.25) is 4.57 Å². The van der Waals surface area contributed by atoms with Crippen LogP contribution in [0.25, 0.3) is 0 Å². The number of aromatic nitrogens is 3. The molecule has 0 aliphatic carbocycles. The Kier molecular flexibility index (Phi) is 4.92. The summed E-state index contributed by atoms with van der Waals surface area (Å²) in [5.41, 5.74) is 5.87. The molecule has 0 unspecified atom stereocenters. The van der Waals surface area contributed by atoms with Crippen LogP contribution in [0.3, 0.4) is 0 Å². The number of oxime groups is 1. The molecule has 112 valence electrons. The van der Waals surface area contributed by atoms with Gasteiger partial charge >= 0.3 is 5.69 Å². The summed E-state index contributed by atoms with van der Waals surface area (Å²) < 4.78 is 1.54. The first-order valence-electron chi connectivity index (χ1n) is 6.17. The second kappa shape index (κ2) is 6.68. The SMILES string of the molecule is CCCn1c(Sc2ccc(Cl)cc2C(N)=NO)n[nH]c1=O. The van der Waals surface area contributed by atoms with Crippen LogP contribution in [-0.2, 0) is 6.54 Å². The molecule has 9 heteroatoms. The number of benzene rings is 1. The molecule has 7 nitrogen and oxygen atoms in total. The maximum Gasteiger partial charge on any atom is 0.343 e. The Hall–Kier alpha value is -1.93. The van der Waals surface area contributed by atoms with Crippen molar-refractivity contribution in [3.63, 3.8) is 0 Å². The van der Waals surface area contributed by atoms with Crippen LogP contribution in [-0.4, -0.2) is 25.8 Å². The molecule has 0 amide bonds. The third-order valence-electron chi connectivity index (χ3n) is 2.70. The summed E-state index contributed by atoms with van der Waals surface area (Å²) in [7, 11) is 0. The Morgan fingerprint density at radius 3 is 3.05 bits per heavy atom. The van der Waals surface area contributed by atoms with E-state index in [2.05, 4.69) is 15.4 Å². The summed E-state index contributed by atoms with van der Waals surface area (Å²) >= 11 is 7.17. The number of nitrogens with two attached hydrogens (primary N) is 1. The van der Waals surface area contributed by atoms with Crippen molar-refractivity contribution >= 4 is 29.2 Å². The Labute approximate surface area is 129 Å². The van der Waals surface area contributed by atoms with E-state index >= 15 is 0 Å². The number of rotatable bonds is 5. The first-order chi connectivity index (χ1) is 10.1. The lowest BCUT2D eigenvalue weighted by Gasteiger charge is -2.08. The molecule has 1 heterocycles. The zero-order valence-electron chi connectivity index (χ0n) is 11.2. The lowest BCUT2D eigenvalue weighted by molar-refractivity contribution is 0.318. The van der Waals surface area contributed by atoms with Gasteiger partial charge < -0.3 is 10.9 Å². The zero-order chi connectivity index (χ0) is 15.4. The van der Waals surface area contributed by atoms with E-state index in [9.17, 15) is 4.79 Å². The van der Waals surface area contributed by atoms with Crippen LogP contribution in [0.1, 0.15) is 18.9 Å². The van der Waals surface area contributed by atoms with Crippen LogP contribution in [0.2, 0.25) is 5.02 Å². The Balaban J connectivity index is 2.43. The molecule has 21 heavy (non-hydrogen) atoms. The molecule has 0 fully saturated rings. The highest BCUT2D eigenvalue weighted by Crippen LogP contribution is 2.30. The predicted molar refractivity (Wildman–Crippen MR) is 81.2 cm³/mol. The third-order valence-corrected chi connectivity index (χ3v) is 4.00. The molecule has 0 atom stereocenters. The summed E-state index contributed by atoms with van der Waals surface area (Å²) in [4.78, 5) is 12.4. The van der Waals surface area contributed by atoms with Crippen LogP contribution >= 0.6 is 23.4 Å². The molecule has 0 radical (unpaired) electrons. The van der Waals surface area contributed by atoms with E-state index in [1.807, 2.05) is 6.92 Å². The van der Waals surface area contributed by atoms with E-state index < -0.39 is 0 Å². The number of halogens is 1. The normalized spacial score (nSPS) is 11.8. The number of nitrogens with one attached hydrogen (secondary N) is 1. The highest BCUT2D eigenvalue weighted by atomic mass is 35.5. The maximum absolute atomic E-state index is 11.7. The molecule has 0 aliphatic heterocycles. The van der Waals surface area contributed by atoms with Crippen molar-refractivity contribution in [1.82, 2.24) is 14.8 Å². The summed E-state index contributed by atoms with van der Waals surface area (Å²) in [5, 5.41) is 19.2. The van der Waals surface area contributed by atoms with Gasteiger partial charge in [-0.15, -0.1) is 5.10 Å². The molecule has 0 saturated heterocycles. The largest absolute Gasteiger partial charge is 0.409 e. The predicted octanol–water partition coefficient (Wildman–Crippen LogP) is 1.88. The molecule has 2 rings (SSSR count). The van der Waals surface area contributed by atoms with Gasteiger partial charge in [0.15, 0.2) is 11.0 Å². The van der Waals surface area contributed by atoms with Crippen molar-refractivity contribution in [2.24, 2.45) is 10.9 Å². The van der Waals surface area contributed by atoms with Gasteiger partial charge in [0.1, 0.15) is 0 Å². The smallest absolute Gasteiger partial charge is 0.343 e. The quantitative estimate of drug-likeness (QED) is 0.336. The third kappa shape index (κ3) is 3.40. The fourth-order valence-corrected chi connectivity index (χ4v) is 2.90. The van der Waals surface area contributed by atoms with Crippen molar-refractivity contribution in [2.45, 2.75) is 29.9 Å². The van der Waals surface area contributed by atoms with Crippen molar-refractivity contribution in [3.05, 3.63) is 39.3 Å². The van der Waals surface area contributed by atoms with Crippen LogP contribution in [0.15, 0.2) is 38.2 Å². The molecule has 1 aromatic carbocycles. The molecule has 1 aromatic heterocycles. The molecule has 0 aliphatic rings. The van der Waals surface area contributed by atoms with Crippen molar-refractivity contribution in [1.29, 1.82) is 0 Å². The first kappa shape index (κ1) is 15.5. The maximum atomic E-state index is 11.7. The molecular formula is C12H14ClN5O2S. The number of hydrogen-bond donors (Lipinski definition) is 3. The van der Waals surface area contributed by atoms with E-state index in [1.165, 1.54) is 16.3 Å². The van der Waals surface area contributed by atoms with Crippen LogP contribution in [0.5, 0.6) is 0 Å². The van der Waals surface area contributed by atoms with Gasteiger partial charge in [-0.1, -0.05) is 23.7 Å². The minimum Gasteiger partial charge on any atom is -0.409 e. The Morgan fingerprint density at radius 2 is 2.38 bits per heavy atom.